The van der Waals surface area contributed by atoms with Crippen molar-refractivity contribution in [3.05, 3.63) is 17.8 Å². The van der Waals surface area contributed by atoms with Crippen molar-refractivity contribution >= 4 is 33.3 Å². The molecule has 6 heteroatoms. The molecule has 0 radical (unpaired) electrons. The quantitative estimate of drug-likeness (QED) is 0.852. The minimum absolute atomic E-state index is 0.385. The largest absolute Gasteiger partial charge is 0.481 e. The molecule has 0 aliphatic carbocycles. The van der Waals surface area contributed by atoms with Gasteiger partial charge in [0.05, 0.1) is 16.1 Å². The second kappa shape index (κ2) is 5.09. The Morgan fingerprint density at radius 2 is 2.41 bits per heavy atom. The number of carboxylic acids is 1. The highest BCUT2D eigenvalue weighted by Crippen LogP contribution is 2.24. The van der Waals surface area contributed by atoms with Gasteiger partial charge in [0.15, 0.2) is 0 Å². The van der Waals surface area contributed by atoms with Crippen molar-refractivity contribution in [3.63, 3.8) is 0 Å². The Balaban J connectivity index is 2.13. The second-order valence-electron chi connectivity index (χ2n) is 3.68. The van der Waals surface area contributed by atoms with Gasteiger partial charge in [-0.15, -0.1) is 11.3 Å². The minimum atomic E-state index is -0.781. The Hall–Kier alpha value is -1.69. The fourth-order valence-corrected chi connectivity index (χ4v) is 2.35. The first-order chi connectivity index (χ1) is 8.22. The number of nitrogens with one attached hydrogen (secondary N) is 1. The van der Waals surface area contributed by atoms with Crippen molar-refractivity contribution < 1.29 is 9.90 Å². The van der Waals surface area contributed by atoms with Crippen LogP contribution < -0.4 is 5.32 Å². The fraction of sp³-hybridized carbons (Fsp3) is 0.364. The third-order valence-corrected chi connectivity index (χ3v) is 3.51. The molecule has 0 aliphatic heterocycles. The summed E-state index contributed by atoms with van der Waals surface area (Å²) in [6, 6.07) is 1.92. The molecule has 0 saturated carbocycles. The highest BCUT2D eigenvalue weighted by atomic mass is 32.1. The van der Waals surface area contributed by atoms with Crippen LogP contribution in [0.1, 0.15) is 13.3 Å². The molecule has 17 heavy (non-hydrogen) atoms. The van der Waals surface area contributed by atoms with Crippen molar-refractivity contribution in [2.75, 3.05) is 11.9 Å². The molecule has 1 unspecified atom stereocenters. The van der Waals surface area contributed by atoms with Crippen LogP contribution in [-0.4, -0.2) is 27.6 Å². The zero-order valence-electron chi connectivity index (χ0n) is 9.38. The molecule has 2 aromatic rings. The molecule has 2 N–H and O–H groups in total. The third-order valence-electron chi connectivity index (χ3n) is 2.60. The Morgan fingerprint density at radius 3 is 3.12 bits per heavy atom. The summed E-state index contributed by atoms with van der Waals surface area (Å²) in [5, 5.41) is 14.0. The average molecular weight is 251 g/mol. The number of nitrogens with zero attached hydrogens (tertiary/aromatic N) is 2. The number of carboxylic acid groups (broad SMARTS) is 1. The summed E-state index contributed by atoms with van der Waals surface area (Å²) in [6.45, 7) is 2.25. The SMILES string of the molecule is CCC(CNc1ncnc2ccsc12)C(=O)O. The lowest BCUT2D eigenvalue weighted by Crippen LogP contribution is -2.22. The molecule has 90 valence electrons. The molecule has 0 fully saturated rings. The van der Waals surface area contributed by atoms with Crippen LogP contribution in [0.2, 0.25) is 0 Å². The number of thiophene rings is 1. The van der Waals surface area contributed by atoms with E-state index in [4.69, 9.17) is 5.11 Å². The number of aliphatic carboxylic acids is 1. The molecule has 0 aliphatic rings. The zero-order chi connectivity index (χ0) is 12.3. The first kappa shape index (κ1) is 11.8. The van der Waals surface area contributed by atoms with E-state index in [0.29, 0.717) is 18.8 Å². The molecular formula is C11H13N3O2S. The zero-order valence-corrected chi connectivity index (χ0v) is 10.2. The van der Waals surface area contributed by atoms with Crippen LogP contribution in [0.4, 0.5) is 5.82 Å². The number of anilines is 1. The van der Waals surface area contributed by atoms with Crippen LogP contribution in [0, 0.1) is 5.92 Å². The highest BCUT2D eigenvalue weighted by molar-refractivity contribution is 7.17. The van der Waals surface area contributed by atoms with Gasteiger partial charge >= 0.3 is 5.97 Å². The topological polar surface area (TPSA) is 75.1 Å². The van der Waals surface area contributed by atoms with E-state index >= 15 is 0 Å². The van der Waals surface area contributed by atoms with Crippen molar-refractivity contribution in [1.82, 2.24) is 9.97 Å². The molecule has 2 heterocycles. The Labute approximate surface area is 103 Å². The molecule has 0 spiro atoms. The van der Waals surface area contributed by atoms with Gasteiger partial charge in [-0.05, 0) is 17.9 Å². The summed E-state index contributed by atoms with van der Waals surface area (Å²) in [5.41, 5.74) is 0.885. The van der Waals surface area contributed by atoms with E-state index in [1.165, 1.54) is 6.33 Å². The van der Waals surface area contributed by atoms with Crippen LogP contribution in [0.5, 0.6) is 0 Å². The lowest BCUT2D eigenvalue weighted by atomic mass is 10.1. The number of aromatic nitrogens is 2. The van der Waals surface area contributed by atoms with Gasteiger partial charge in [-0.2, -0.15) is 0 Å². The lowest BCUT2D eigenvalue weighted by molar-refractivity contribution is -0.141. The predicted octanol–water partition coefficient (Wildman–Crippen LogP) is 2.21. The van der Waals surface area contributed by atoms with Crippen molar-refractivity contribution in [2.45, 2.75) is 13.3 Å². The van der Waals surface area contributed by atoms with Crippen molar-refractivity contribution in [3.8, 4) is 0 Å². The van der Waals surface area contributed by atoms with Crippen LogP contribution in [0.25, 0.3) is 10.2 Å². The van der Waals surface area contributed by atoms with Gasteiger partial charge < -0.3 is 10.4 Å². The van der Waals surface area contributed by atoms with Crippen LogP contribution >= 0.6 is 11.3 Å². The molecular weight excluding hydrogens is 238 g/mol. The highest BCUT2D eigenvalue weighted by Gasteiger charge is 2.15. The fourth-order valence-electron chi connectivity index (χ4n) is 1.54. The summed E-state index contributed by atoms with van der Waals surface area (Å²) in [6.07, 6.45) is 2.08. The van der Waals surface area contributed by atoms with Crippen LogP contribution in [0.15, 0.2) is 17.8 Å². The number of fused-ring (bicyclic) bond motifs is 1. The number of hydrogen-bond acceptors (Lipinski definition) is 5. The smallest absolute Gasteiger partial charge is 0.308 e. The molecule has 0 saturated heterocycles. The Bertz CT molecular complexity index is 526. The summed E-state index contributed by atoms with van der Waals surface area (Å²) >= 11 is 1.55. The van der Waals surface area contributed by atoms with E-state index in [1.54, 1.807) is 11.3 Å². The monoisotopic (exact) mass is 251 g/mol. The molecule has 2 rings (SSSR count). The van der Waals surface area contributed by atoms with E-state index < -0.39 is 5.97 Å². The van der Waals surface area contributed by atoms with E-state index in [9.17, 15) is 4.79 Å². The summed E-state index contributed by atoms with van der Waals surface area (Å²) in [4.78, 5) is 19.2. The van der Waals surface area contributed by atoms with Gasteiger partial charge in [-0.25, -0.2) is 9.97 Å². The molecule has 5 nitrogen and oxygen atoms in total. The Kier molecular flexibility index (Phi) is 3.53. The third kappa shape index (κ3) is 2.52. The van der Waals surface area contributed by atoms with Gasteiger partial charge in [-0.1, -0.05) is 6.92 Å². The normalized spacial score (nSPS) is 12.5. The van der Waals surface area contributed by atoms with E-state index in [1.807, 2.05) is 18.4 Å². The molecule has 1 atom stereocenters. The second-order valence-corrected chi connectivity index (χ2v) is 4.60. The van der Waals surface area contributed by atoms with E-state index in [-0.39, 0.29) is 5.92 Å². The Morgan fingerprint density at radius 1 is 1.59 bits per heavy atom. The standard InChI is InChI=1S/C11H13N3O2S/c1-2-7(11(15)16)5-12-10-9-8(3-4-17-9)13-6-14-10/h3-4,6-7H,2,5H2,1H3,(H,15,16)(H,12,13,14). The molecule has 0 bridgehead atoms. The van der Waals surface area contributed by atoms with Gasteiger partial charge in [0.2, 0.25) is 0 Å². The van der Waals surface area contributed by atoms with Crippen molar-refractivity contribution in [2.24, 2.45) is 5.92 Å². The van der Waals surface area contributed by atoms with E-state index in [0.717, 1.165) is 10.2 Å². The molecule has 0 aromatic carbocycles. The summed E-state index contributed by atoms with van der Waals surface area (Å²) in [5.74, 6) is -0.457. The van der Waals surface area contributed by atoms with Crippen molar-refractivity contribution in [1.29, 1.82) is 0 Å². The number of rotatable bonds is 5. The maximum absolute atomic E-state index is 10.9. The number of hydrogen-bond donors (Lipinski definition) is 2. The maximum atomic E-state index is 10.9. The predicted molar refractivity (Wildman–Crippen MR) is 67.3 cm³/mol. The van der Waals surface area contributed by atoms with Gasteiger partial charge in [-0.3, -0.25) is 4.79 Å². The van der Waals surface area contributed by atoms with E-state index in [2.05, 4.69) is 15.3 Å². The lowest BCUT2D eigenvalue weighted by Gasteiger charge is -2.11. The number of carbonyl (C=O) groups is 1. The summed E-state index contributed by atoms with van der Waals surface area (Å²) < 4.78 is 0.966. The maximum Gasteiger partial charge on any atom is 0.308 e. The van der Waals surface area contributed by atoms with Crippen LogP contribution in [0.3, 0.4) is 0 Å². The first-order valence-electron chi connectivity index (χ1n) is 5.37. The van der Waals surface area contributed by atoms with Crippen LogP contribution in [-0.2, 0) is 4.79 Å². The van der Waals surface area contributed by atoms with Gasteiger partial charge in [0.1, 0.15) is 12.1 Å². The average Bonchev–Trinajstić information content (AvgIpc) is 2.78. The van der Waals surface area contributed by atoms with Gasteiger partial charge in [0.25, 0.3) is 0 Å². The first-order valence-corrected chi connectivity index (χ1v) is 6.25. The summed E-state index contributed by atoms with van der Waals surface area (Å²) in [7, 11) is 0. The molecule has 2 aromatic heterocycles. The van der Waals surface area contributed by atoms with Gasteiger partial charge in [0, 0.05) is 6.54 Å². The molecule has 0 amide bonds. The minimum Gasteiger partial charge on any atom is -0.481 e.